The molecule has 0 aliphatic carbocycles. The van der Waals surface area contributed by atoms with Gasteiger partial charge in [0.25, 0.3) is 0 Å². The van der Waals surface area contributed by atoms with Crippen LogP contribution in [0.25, 0.3) is 0 Å². The van der Waals surface area contributed by atoms with Crippen molar-refractivity contribution in [2.75, 3.05) is 0 Å². The van der Waals surface area contributed by atoms with Crippen molar-refractivity contribution < 1.29 is 0 Å². The number of rotatable bonds is 3. The minimum absolute atomic E-state index is 0.182. The molecule has 0 radical (unpaired) electrons. The molecule has 1 aromatic heterocycles. The molecule has 2 aromatic rings. The molecule has 94 valence electrons. The van der Waals surface area contributed by atoms with Crippen LogP contribution in [0, 0.1) is 22.7 Å². The molecule has 1 heterocycles. The molecule has 0 atom stereocenters. The van der Waals surface area contributed by atoms with E-state index < -0.39 is 0 Å². The van der Waals surface area contributed by atoms with E-state index in [1.54, 1.807) is 4.57 Å². The second-order valence-electron chi connectivity index (χ2n) is 4.69. The highest BCUT2D eigenvalue weighted by molar-refractivity contribution is 5.37. The Labute approximate surface area is 112 Å². The predicted octanol–water partition coefficient (Wildman–Crippen LogP) is 2.80. The van der Waals surface area contributed by atoms with Gasteiger partial charge in [0, 0.05) is 6.54 Å². The van der Waals surface area contributed by atoms with Gasteiger partial charge in [-0.3, -0.25) is 0 Å². The largest absolute Gasteiger partial charge is 0.317 e. The van der Waals surface area contributed by atoms with Crippen molar-refractivity contribution in [2.24, 2.45) is 0 Å². The summed E-state index contributed by atoms with van der Waals surface area (Å²) in [5, 5.41) is 17.9. The monoisotopic (exact) mass is 250 g/mol. The summed E-state index contributed by atoms with van der Waals surface area (Å²) in [6.45, 7) is 4.85. The van der Waals surface area contributed by atoms with Crippen LogP contribution >= 0.6 is 0 Å². The number of imidazole rings is 1. The van der Waals surface area contributed by atoms with Crippen molar-refractivity contribution >= 4 is 0 Å². The first-order valence-electron chi connectivity index (χ1n) is 6.10. The lowest BCUT2D eigenvalue weighted by molar-refractivity contribution is 0.783. The summed E-state index contributed by atoms with van der Waals surface area (Å²) in [4.78, 5) is 3.93. The summed E-state index contributed by atoms with van der Waals surface area (Å²) in [6.07, 6.45) is 1.54. The molecule has 19 heavy (non-hydrogen) atoms. The average molecular weight is 250 g/mol. The van der Waals surface area contributed by atoms with E-state index in [1.165, 1.54) is 11.9 Å². The third kappa shape index (κ3) is 2.64. The Morgan fingerprint density at radius 1 is 1.16 bits per heavy atom. The van der Waals surface area contributed by atoms with Crippen LogP contribution in [-0.2, 0) is 6.54 Å². The van der Waals surface area contributed by atoms with Crippen LogP contribution in [-0.4, -0.2) is 9.55 Å². The fourth-order valence-electron chi connectivity index (χ4n) is 1.91. The number of hydrogen-bond donors (Lipinski definition) is 0. The van der Waals surface area contributed by atoms with Crippen LogP contribution in [0.15, 0.2) is 30.6 Å². The highest BCUT2D eigenvalue weighted by Crippen LogP contribution is 2.16. The SMILES string of the molecule is CC(C)c1ccc(Cn2cnc(C#N)c2C#N)cc1. The zero-order chi connectivity index (χ0) is 13.8. The van der Waals surface area contributed by atoms with Gasteiger partial charge in [-0.15, -0.1) is 0 Å². The molecule has 0 bridgehead atoms. The Balaban J connectivity index is 2.25. The molecular formula is C15H14N4. The van der Waals surface area contributed by atoms with Gasteiger partial charge in [0.15, 0.2) is 11.4 Å². The quantitative estimate of drug-likeness (QED) is 0.841. The number of nitrogens with zero attached hydrogens (tertiary/aromatic N) is 4. The lowest BCUT2D eigenvalue weighted by Gasteiger charge is -2.08. The van der Waals surface area contributed by atoms with E-state index in [1.807, 2.05) is 24.3 Å². The van der Waals surface area contributed by atoms with Crippen molar-refractivity contribution in [1.29, 1.82) is 10.5 Å². The Hall–Kier alpha value is -2.59. The molecule has 2 rings (SSSR count). The first-order valence-corrected chi connectivity index (χ1v) is 6.10. The highest BCUT2D eigenvalue weighted by Gasteiger charge is 2.10. The number of aromatic nitrogens is 2. The fraction of sp³-hybridized carbons (Fsp3) is 0.267. The topological polar surface area (TPSA) is 65.4 Å². The molecule has 4 nitrogen and oxygen atoms in total. The second-order valence-corrected chi connectivity index (χ2v) is 4.69. The third-order valence-electron chi connectivity index (χ3n) is 3.05. The molecule has 0 saturated heterocycles. The molecule has 1 aromatic carbocycles. The molecule has 0 amide bonds. The Bertz CT molecular complexity index is 651. The predicted molar refractivity (Wildman–Crippen MR) is 71.3 cm³/mol. The summed E-state index contributed by atoms with van der Waals surface area (Å²) in [6, 6.07) is 12.2. The van der Waals surface area contributed by atoms with Crippen LogP contribution in [0.2, 0.25) is 0 Å². The number of benzene rings is 1. The molecule has 0 aliphatic rings. The maximum absolute atomic E-state index is 9.05. The van der Waals surface area contributed by atoms with Gasteiger partial charge < -0.3 is 4.57 Å². The van der Waals surface area contributed by atoms with Gasteiger partial charge in [-0.25, -0.2) is 4.98 Å². The van der Waals surface area contributed by atoms with Gasteiger partial charge in [-0.1, -0.05) is 38.1 Å². The molecule has 0 saturated carbocycles. The van der Waals surface area contributed by atoms with Crippen molar-refractivity contribution in [3.05, 3.63) is 53.1 Å². The molecule has 0 fully saturated rings. The normalized spacial score (nSPS) is 10.2. The van der Waals surface area contributed by atoms with E-state index in [0.29, 0.717) is 18.2 Å². The van der Waals surface area contributed by atoms with E-state index >= 15 is 0 Å². The summed E-state index contributed by atoms with van der Waals surface area (Å²) < 4.78 is 1.70. The Kier molecular flexibility index (Phi) is 3.63. The fourth-order valence-corrected chi connectivity index (χ4v) is 1.91. The van der Waals surface area contributed by atoms with Gasteiger partial charge >= 0.3 is 0 Å². The first kappa shape index (κ1) is 12.9. The Morgan fingerprint density at radius 2 is 1.84 bits per heavy atom. The minimum Gasteiger partial charge on any atom is -0.317 e. The molecule has 0 N–H and O–H groups in total. The van der Waals surface area contributed by atoms with Crippen molar-refractivity contribution in [2.45, 2.75) is 26.3 Å². The summed E-state index contributed by atoms with van der Waals surface area (Å²) >= 11 is 0. The van der Waals surface area contributed by atoms with Crippen molar-refractivity contribution in [1.82, 2.24) is 9.55 Å². The standard InChI is InChI=1S/C15H14N4/c1-11(2)13-5-3-12(4-6-13)9-19-10-18-14(7-16)15(19)8-17/h3-6,10-11H,9H2,1-2H3. The maximum atomic E-state index is 9.05. The smallest absolute Gasteiger partial charge is 0.176 e. The van der Waals surface area contributed by atoms with E-state index in [4.69, 9.17) is 10.5 Å². The zero-order valence-corrected chi connectivity index (χ0v) is 11.0. The van der Waals surface area contributed by atoms with Crippen molar-refractivity contribution in [3.8, 4) is 12.1 Å². The molecule has 4 heteroatoms. The zero-order valence-electron chi connectivity index (χ0n) is 11.0. The average Bonchev–Trinajstić information content (AvgIpc) is 2.81. The second kappa shape index (κ2) is 5.37. The van der Waals surface area contributed by atoms with Crippen LogP contribution < -0.4 is 0 Å². The van der Waals surface area contributed by atoms with Crippen LogP contribution in [0.4, 0.5) is 0 Å². The molecule has 0 spiro atoms. The third-order valence-corrected chi connectivity index (χ3v) is 3.05. The highest BCUT2D eigenvalue weighted by atomic mass is 15.1. The van der Waals surface area contributed by atoms with E-state index in [2.05, 4.69) is 31.0 Å². The van der Waals surface area contributed by atoms with Gasteiger partial charge in [0.2, 0.25) is 0 Å². The van der Waals surface area contributed by atoms with Gasteiger partial charge in [0.05, 0.1) is 6.33 Å². The lowest BCUT2D eigenvalue weighted by atomic mass is 10.0. The van der Waals surface area contributed by atoms with Gasteiger partial charge in [-0.05, 0) is 17.0 Å². The maximum Gasteiger partial charge on any atom is 0.176 e. The number of nitriles is 2. The molecular weight excluding hydrogens is 236 g/mol. The Morgan fingerprint density at radius 3 is 2.37 bits per heavy atom. The van der Waals surface area contributed by atoms with Gasteiger partial charge in [-0.2, -0.15) is 10.5 Å². The molecule has 0 aliphatic heterocycles. The summed E-state index contributed by atoms with van der Waals surface area (Å²) in [5.74, 6) is 0.502. The van der Waals surface area contributed by atoms with Crippen LogP contribution in [0.3, 0.4) is 0 Å². The van der Waals surface area contributed by atoms with Crippen molar-refractivity contribution in [3.63, 3.8) is 0 Å². The van der Waals surface area contributed by atoms with E-state index in [0.717, 1.165) is 5.56 Å². The van der Waals surface area contributed by atoms with E-state index in [9.17, 15) is 0 Å². The van der Waals surface area contributed by atoms with Crippen LogP contribution in [0.1, 0.15) is 42.3 Å². The van der Waals surface area contributed by atoms with Gasteiger partial charge in [0.1, 0.15) is 12.1 Å². The first-order chi connectivity index (χ1) is 9.15. The van der Waals surface area contributed by atoms with Crippen LogP contribution in [0.5, 0.6) is 0 Å². The lowest BCUT2D eigenvalue weighted by Crippen LogP contribution is -2.01. The summed E-state index contributed by atoms with van der Waals surface area (Å²) in [5.41, 5.74) is 2.87. The number of hydrogen-bond acceptors (Lipinski definition) is 3. The van der Waals surface area contributed by atoms with E-state index in [-0.39, 0.29) is 5.69 Å². The minimum atomic E-state index is 0.182. The molecule has 0 unspecified atom stereocenters. The summed E-state index contributed by atoms with van der Waals surface area (Å²) in [7, 11) is 0.